The fourth-order valence-electron chi connectivity index (χ4n) is 2.52. The van der Waals surface area contributed by atoms with Crippen molar-refractivity contribution in [1.29, 1.82) is 0 Å². The van der Waals surface area contributed by atoms with Gasteiger partial charge in [-0.1, -0.05) is 12.1 Å². The van der Waals surface area contributed by atoms with Crippen LogP contribution in [0.3, 0.4) is 0 Å². The van der Waals surface area contributed by atoms with E-state index < -0.39 is 0 Å². The second-order valence-electron chi connectivity index (χ2n) is 5.25. The zero-order valence-corrected chi connectivity index (χ0v) is 12.3. The molecule has 22 heavy (non-hydrogen) atoms. The number of hydrogen-bond donors (Lipinski definition) is 1. The van der Waals surface area contributed by atoms with Crippen molar-refractivity contribution in [2.45, 2.75) is 25.8 Å². The van der Waals surface area contributed by atoms with Crippen LogP contribution >= 0.6 is 0 Å². The van der Waals surface area contributed by atoms with E-state index in [-0.39, 0.29) is 17.5 Å². The molecular formula is C17H17NO4. The number of methoxy groups -OCH3 is 1. The molecule has 3 rings (SSSR count). The number of ketones is 1. The molecule has 0 fully saturated rings. The smallest absolute Gasteiger partial charge is 0.287 e. The molecule has 0 saturated carbocycles. The highest BCUT2D eigenvalue weighted by Gasteiger charge is 2.24. The van der Waals surface area contributed by atoms with Crippen molar-refractivity contribution >= 4 is 11.7 Å². The third-order valence-electron chi connectivity index (χ3n) is 3.75. The number of Topliss-reactive ketones (excluding diaryl/α,β-unsaturated/α-hetero) is 1. The molecule has 0 atom stereocenters. The van der Waals surface area contributed by atoms with Crippen LogP contribution in [-0.4, -0.2) is 18.8 Å². The molecule has 1 heterocycles. The molecule has 0 unspecified atom stereocenters. The van der Waals surface area contributed by atoms with Crippen LogP contribution in [-0.2, 0) is 13.0 Å². The standard InChI is InChI=1S/C17H17NO4/c1-21-12-7-5-11(6-8-12)10-18-17(20)16-9-13-14(19)3-2-4-15(13)22-16/h5-9H,2-4,10H2,1H3,(H,18,20). The lowest BCUT2D eigenvalue weighted by Gasteiger charge is -2.06. The minimum Gasteiger partial charge on any atom is -0.497 e. The van der Waals surface area contributed by atoms with Crippen LogP contribution in [0.4, 0.5) is 0 Å². The largest absolute Gasteiger partial charge is 0.497 e. The maximum atomic E-state index is 12.1. The molecule has 1 aromatic heterocycles. The van der Waals surface area contributed by atoms with Gasteiger partial charge in [0.25, 0.3) is 5.91 Å². The first-order chi connectivity index (χ1) is 10.7. The summed E-state index contributed by atoms with van der Waals surface area (Å²) in [5, 5.41) is 2.79. The molecule has 1 N–H and O–H groups in total. The quantitative estimate of drug-likeness (QED) is 0.942. The first-order valence-electron chi connectivity index (χ1n) is 7.24. The number of aryl methyl sites for hydroxylation is 1. The van der Waals surface area contributed by atoms with E-state index in [9.17, 15) is 9.59 Å². The fraction of sp³-hybridized carbons (Fsp3) is 0.294. The topological polar surface area (TPSA) is 68.5 Å². The minimum atomic E-state index is -0.307. The molecule has 1 amide bonds. The number of fused-ring (bicyclic) bond motifs is 1. The van der Waals surface area contributed by atoms with Gasteiger partial charge in [-0.15, -0.1) is 0 Å². The summed E-state index contributed by atoms with van der Waals surface area (Å²) in [5.41, 5.74) is 1.52. The van der Waals surface area contributed by atoms with Crippen LogP contribution in [0.25, 0.3) is 0 Å². The number of nitrogens with one attached hydrogen (secondary N) is 1. The van der Waals surface area contributed by atoms with Crippen molar-refractivity contribution < 1.29 is 18.7 Å². The SMILES string of the molecule is COc1ccc(CNC(=O)c2cc3c(o2)CCCC3=O)cc1. The lowest BCUT2D eigenvalue weighted by molar-refractivity contribution is 0.0917. The van der Waals surface area contributed by atoms with Crippen LogP contribution in [0.2, 0.25) is 0 Å². The van der Waals surface area contributed by atoms with E-state index in [0.717, 1.165) is 17.7 Å². The van der Waals surface area contributed by atoms with Gasteiger partial charge in [0.15, 0.2) is 11.5 Å². The number of carbonyl (C=O) groups is 2. The average Bonchev–Trinajstić information content (AvgIpc) is 2.99. The van der Waals surface area contributed by atoms with Gasteiger partial charge in [-0.05, 0) is 24.1 Å². The third-order valence-corrected chi connectivity index (χ3v) is 3.75. The Hall–Kier alpha value is -2.56. The summed E-state index contributed by atoms with van der Waals surface area (Å²) in [7, 11) is 1.61. The summed E-state index contributed by atoms with van der Waals surface area (Å²) >= 11 is 0. The Labute approximate surface area is 128 Å². The highest BCUT2D eigenvalue weighted by atomic mass is 16.5. The second kappa shape index (κ2) is 6.05. The van der Waals surface area contributed by atoms with E-state index in [4.69, 9.17) is 9.15 Å². The second-order valence-corrected chi connectivity index (χ2v) is 5.25. The van der Waals surface area contributed by atoms with Crippen molar-refractivity contribution in [2.75, 3.05) is 7.11 Å². The zero-order chi connectivity index (χ0) is 15.5. The van der Waals surface area contributed by atoms with Crippen LogP contribution < -0.4 is 10.1 Å². The van der Waals surface area contributed by atoms with Crippen molar-refractivity contribution in [3.8, 4) is 5.75 Å². The Balaban J connectivity index is 1.65. The predicted molar refractivity (Wildman–Crippen MR) is 80.1 cm³/mol. The molecule has 5 heteroatoms. The summed E-state index contributed by atoms with van der Waals surface area (Å²) in [5.74, 6) is 1.35. The first-order valence-corrected chi connectivity index (χ1v) is 7.24. The third kappa shape index (κ3) is 2.88. The molecule has 0 spiro atoms. The van der Waals surface area contributed by atoms with Gasteiger partial charge in [0.2, 0.25) is 0 Å². The van der Waals surface area contributed by atoms with Crippen LogP contribution in [0, 0.1) is 0 Å². The summed E-state index contributed by atoms with van der Waals surface area (Å²) < 4.78 is 10.6. The molecule has 0 aliphatic heterocycles. The zero-order valence-electron chi connectivity index (χ0n) is 12.3. The normalized spacial score (nSPS) is 13.6. The van der Waals surface area contributed by atoms with Crippen LogP contribution in [0.1, 0.15) is 45.1 Å². The summed E-state index contributed by atoms with van der Waals surface area (Å²) in [6.45, 7) is 0.391. The Kier molecular flexibility index (Phi) is 3.96. The molecular weight excluding hydrogens is 282 g/mol. The molecule has 0 radical (unpaired) electrons. The van der Waals surface area contributed by atoms with Gasteiger partial charge in [0, 0.05) is 25.5 Å². The maximum Gasteiger partial charge on any atom is 0.287 e. The van der Waals surface area contributed by atoms with Gasteiger partial charge in [0.05, 0.1) is 12.7 Å². The van der Waals surface area contributed by atoms with Crippen LogP contribution in [0.5, 0.6) is 5.75 Å². The molecule has 2 aromatic rings. The molecule has 5 nitrogen and oxygen atoms in total. The lowest BCUT2D eigenvalue weighted by atomic mass is 9.97. The van der Waals surface area contributed by atoms with Crippen molar-refractivity contribution in [2.24, 2.45) is 0 Å². The molecule has 1 aliphatic rings. The monoisotopic (exact) mass is 299 g/mol. The highest BCUT2D eigenvalue weighted by Crippen LogP contribution is 2.24. The van der Waals surface area contributed by atoms with Crippen molar-refractivity contribution in [3.05, 3.63) is 53.0 Å². The van der Waals surface area contributed by atoms with E-state index in [1.807, 2.05) is 24.3 Å². The predicted octanol–water partition coefficient (Wildman–Crippen LogP) is 2.74. The first kappa shape index (κ1) is 14.4. The molecule has 1 aromatic carbocycles. The van der Waals surface area contributed by atoms with Gasteiger partial charge in [0.1, 0.15) is 11.5 Å². The number of furan rings is 1. The summed E-state index contributed by atoms with van der Waals surface area (Å²) in [6.07, 6.45) is 2.03. The number of carbonyl (C=O) groups excluding carboxylic acids is 2. The van der Waals surface area contributed by atoms with Gasteiger partial charge in [-0.25, -0.2) is 0 Å². The van der Waals surface area contributed by atoms with Gasteiger partial charge in [-0.2, -0.15) is 0 Å². The Bertz CT molecular complexity index is 700. The van der Waals surface area contributed by atoms with E-state index in [1.165, 1.54) is 0 Å². The number of rotatable bonds is 4. The van der Waals surface area contributed by atoms with E-state index >= 15 is 0 Å². The number of benzene rings is 1. The number of amides is 1. The van der Waals surface area contributed by atoms with E-state index in [0.29, 0.717) is 30.7 Å². The minimum absolute atomic E-state index is 0.0548. The van der Waals surface area contributed by atoms with Gasteiger partial charge in [-0.3, -0.25) is 9.59 Å². The van der Waals surface area contributed by atoms with Crippen molar-refractivity contribution in [3.63, 3.8) is 0 Å². The average molecular weight is 299 g/mol. The van der Waals surface area contributed by atoms with Gasteiger partial charge >= 0.3 is 0 Å². The highest BCUT2D eigenvalue weighted by molar-refractivity contribution is 6.01. The fourth-order valence-corrected chi connectivity index (χ4v) is 2.52. The van der Waals surface area contributed by atoms with Crippen molar-refractivity contribution in [1.82, 2.24) is 5.32 Å². The maximum absolute atomic E-state index is 12.1. The number of hydrogen-bond acceptors (Lipinski definition) is 4. The Morgan fingerprint density at radius 2 is 2.05 bits per heavy atom. The molecule has 0 bridgehead atoms. The Morgan fingerprint density at radius 1 is 1.27 bits per heavy atom. The Morgan fingerprint density at radius 3 is 2.73 bits per heavy atom. The molecule has 1 aliphatic carbocycles. The number of ether oxygens (including phenoxy) is 1. The lowest BCUT2D eigenvalue weighted by Crippen LogP contribution is -2.22. The van der Waals surface area contributed by atoms with E-state index in [1.54, 1.807) is 13.2 Å². The molecule has 0 saturated heterocycles. The van der Waals surface area contributed by atoms with Crippen LogP contribution in [0.15, 0.2) is 34.7 Å². The van der Waals surface area contributed by atoms with E-state index in [2.05, 4.69) is 5.32 Å². The summed E-state index contributed by atoms with van der Waals surface area (Å²) in [6, 6.07) is 9.00. The van der Waals surface area contributed by atoms with Gasteiger partial charge < -0.3 is 14.5 Å². The summed E-state index contributed by atoms with van der Waals surface area (Å²) in [4.78, 5) is 23.9. The molecule has 114 valence electrons.